The minimum atomic E-state index is -1.18. The lowest BCUT2D eigenvalue weighted by molar-refractivity contribution is -0.123. The number of benzene rings is 3. The number of imide groups is 1. The Bertz CT molecular complexity index is 1430. The zero-order valence-corrected chi connectivity index (χ0v) is 20.7. The molecule has 3 aromatic rings. The molecule has 2 bridgehead atoms. The van der Waals surface area contributed by atoms with Gasteiger partial charge in [0.1, 0.15) is 5.75 Å². The second-order valence-corrected chi connectivity index (χ2v) is 9.85. The Labute approximate surface area is 219 Å². The number of methoxy groups -OCH3 is 1. The van der Waals surface area contributed by atoms with Crippen LogP contribution < -0.4 is 9.64 Å². The van der Waals surface area contributed by atoms with Crippen LogP contribution in [0.5, 0.6) is 5.75 Å². The number of allylic oxidation sites excluding steroid dienone is 2. The number of nitrogens with zero attached hydrogens (tertiary/aromatic N) is 1. The lowest BCUT2D eigenvalue weighted by Gasteiger charge is -2.20. The number of ketones is 1. The van der Waals surface area contributed by atoms with E-state index < -0.39 is 12.1 Å². The van der Waals surface area contributed by atoms with E-state index in [1.165, 1.54) is 18.1 Å². The van der Waals surface area contributed by atoms with Crippen LogP contribution >= 0.6 is 0 Å². The molecule has 7 heteroatoms. The van der Waals surface area contributed by atoms with Crippen LogP contribution in [0, 0.1) is 23.7 Å². The predicted molar refractivity (Wildman–Crippen MR) is 139 cm³/mol. The van der Waals surface area contributed by atoms with Gasteiger partial charge in [-0.05, 0) is 60.7 Å². The van der Waals surface area contributed by atoms with E-state index in [1.54, 1.807) is 66.7 Å². The normalized spacial score (nSPS) is 23.9. The summed E-state index contributed by atoms with van der Waals surface area (Å²) in [5.41, 5.74) is 1.37. The molecule has 5 atom stereocenters. The van der Waals surface area contributed by atoms with Gasteiger partial charge in [0.25, 0.3) is 0 Å². The van der Waals surface area contributed by atoms with Crippen LogP contribution in [0.3, 0.4) is 0 Å². The van der Waals surface area contributed by atoms with Crippen molar-refractivity contribution >= 4 is 29.3 Å². The largest absolute Gasteiger partial charge is 0.497 e. The van der Waals surface area contributed by atoms with Crippen molar-refractivity contribution in [3.05, 3.63) is 108 Å². The second-order valence-electron chi connectivity index (χ2n) is 9.85. The Morgan fingerprint density at radius 3 is 2.11 bits per heavy atom. The molecule has 0 aromatic heterocycles. The van der Waals surface area contributed by atoms with Gasteiger partial charge in [0, 0.05) is 11.1 Å². The Kier molecular flexibility index (Phi) is 5.91. The number of anilines is 1. The summed E-state index contributed by atoms with van der Waals surface area (Å²) in [6, 6.07) is 21.6. The van der Waals surface area contributed by atoms with E-state index in [2.05, 4.69) is 0 Å². The average molecular weight is 508 g/mol. The maximum Gasteiger partial charge on any atom is 0.339 e. The van der Waals surface area contributed by atoms with E-state index >= 15 is 0 Å². The fourth-order valence-electron chi connectivity index (χ4n) is 5.91. The van der Waals surface area contributed by atoms with Gasteiger partial charge in [-0.1, -0.05) is 48.6 Å². The van der Waals surface area contributed by atoms with E-state index in [-0.39, 0.29) is 46.8 Å². The molecule has 1 saturated heterocycles. The van der Waals surface area contributed by atoms with Crippen molar-refractivity contribution in [3.63, 3.8) is 0 Å². The highest BCUT2D eigenvalue weighted by Crippen LogP contribution is 2.53. The number of hydrogen-bond donors (Lipinski definition) is 0. The standard InChI is InChI=1S/C31H25NO6/c1-37-24-14-12-18(13-15-24)27(33)28(19-6-3-2-4-7-19)38-31(36)22-8-5-9-23(17-22)32-29(34)25-20-10-11-21(16-20)26(25)30(32)35/h2-15,17,20-21,25-26,28H,16H2,1H3/t20-,21-,25+,26+,28+/m0/s1. The van der Waals surface area contributed by atoms with Crippen LogP contribution in [-0.2, 0) is 14.3 Å². The van der Waals surface area contributed by atoms with E-state index in [4.69, 9.17) is 9.47 Å². The topological polar surface area (TPSA) is 90.0 Å². The van der Waals surface area contributed by atoms with E-state index in [1.807, 2.05) is 18.2 Å². The SMILES string of the molecule is COc1ccc(C(=O)[C@H](OC(=O)c2cccc(N3C(=O)[C@H]4[C@H](C3=O)[C@H]3C=C[C@H]4C3)c2)c2ccccc2)cc1. The van der Waals surface area contributed by atoms with Gasteiger partial charge < -0.3 is 9.47 Å². The molecule has 3 aliphatic rings. The van der Waals surface area contributed by atoms with Gasteiger partial charge >= 0.3 is 5.97 Å². The summed E-state index contributed by atoms with van der Waals surface area (Å²) in [4.78, 5) is 54.4. The number of Topliss-reactive ketones (excluding diaryl/α,β-unsaturated/α-hetero) is 1. The molecule has 190 valence electrons. The molecule has 2 amide bonds. The molecule has 3 aromatic carbocycles. The fourth-order valence-corrected chi connectivity index (χ4v) is 5.91. The van der Waals surface area contributed by atoms with Gasteiger partial charge in [-0.2, -0.15) is 0 Å². The van der Waals surface area contributed by atoms with Crippen molar-refractivity contribution in [2.24, 2.45) is 23.7 Å². The van der Waals surface area contributed by atoms with Crippen LogP contribution in [0.4, 0.5) is 5.69 Å². The van der Waals surface area contributed by atoms with Gasteiger partial charge in [0.15, 0.2) is 6.10 Å². The molecule has 2 aliphatic carbocycles. The van der Waals surface area contributed by atoms with Gasteiger partial charge in [0.05, 0.1) is 30.2 Å². The van der Waals surface area contributed by atoms with Crippen molar-refractivity contribution < 1.29 is 28.7 Å². The summed E-state index contributed by atoms with van der Waals surface area (Å²) < 4.78 is 10.9. The Morgan fingerprint density at radius 1 is 0.816 bits per heavy atom. The molecule has 1 aliphatic heterocycles. The summed E-state index contributed by atoms with van der Waals surface area (Å²) in [5.74, 6) is -1.45. The first-order chi connectivity index (χ1) is 18.5. The van der Waals surface area contributed by atoms with Crippen LogP contribution in [0.1, 0.15) is 38.8 Å². The van der Waals surface area contributed by atoms with Crippen molar-refractivity contribution in [2.75, 3.05) is 12.0 Å². The summed E-state index contributed by atoms with van der Waals surface area (Å²) in [6.45, 7) is 0. The number of esters is 1. The number of ether oxygens (including phenoxy) is 2. The van der Waals surface area contributed by atoms with Crippen LogP contribution in [-0.4, -0.2) is 30.7 Å². The second kappa shape index (κ2) is 9.41. The minimum Gasteiger partial charge on any atom is -0.497 e. The maximum absolute atomic E-state index is 13.4. The molecular weight excluding hydrogens is 482 g/mol. The molecule has 6 rings (SSSR count). The number of carbonyl (C=O) groups excluding carboxylic acids is 4. The highest BCUT2D eigenvalue weighted by Gasteiger charge is 2.59. The zero-order valence-electron chi connectivity index (χ0n) is 20.7. The number of fused-ring (bicyclic) bond motifs is 5. The first-order valence-electron chi connectivity index (χ1n) is 12.6. The lowest BCUT2D eigenvalue weighted by atomic mass is 9.85. The summed E-state index contributed by atoms with van der Waals surface area (Å²) in [5, 5.41) is 0. The van der Waals surface area contributed by atoms with Gasteiger partial charge in [-0.15, -0.1) is 0 Å². The van der Waals surface area contributed by atoms with Crippen molar-refractivity contribution in [3.8, 4) is 5.75 Å². The summed E-state index contributed by atoms with van der Waals surface area (Å²) in [6.07, 6.45) is 3.74. The number of hydrogen-bond acceptors (Lipinski definition) is 6. The molecule has 38 heavy (non-hydrogen) atoms. The third kappa shape index (κ3) is 3.91. The predicted octanol–water partition coefficient (Wildman–Crippen LogP) is 4.79. The Hall–Kier alpha value is -4.52. The maximum atomic E-state index is 13.4. The minimum absolute atomic E-state index is 0.0928. The van der Waals surface area contributed by atoms with Crippen LogP contribution in [0.25, 0.3) is 0 Å². The van der Waals surface area contributed by atoms with E-state index in [0.717, 1.165) is 6.42 Å². The smallest absolute Gasteiger partial charge is 0.339 e. The number of rotatable bonds is 7. The van der Waals surface area contributed by atoms with Crippen LogP contribution in [0.15, 0.2) is 91.0 Å². The highest BCUT2D eigenvalue weighted by molar-refractivity contribution is 6.23. The van der Waals surface area contributed by atoms with Crippen molar-refractivity contribution in [2.45, 2.75) is 12.5 Å². The van der Waals surface area contributed by atoms with Gasteiger partial charge in [-0.25, -0.2) is 9.69 Å². The molecule has 0 radical (unpaired) electrons. The number of amides is 2. The molecule has 0 N–H and O–H groups in total. The molecule has 0 spiro atoms. The Morgan fingerprint density at radius 2 is 1.47 bits per heavy atom. The fraction of sp³-hybridized carbons (Fsp3) is 0.226. The number of carbonyl (C=O) groups is 4. The van der Waals surface area contributed by atoms with Gasteiger partial charge in [0.2, 0.25) is 17.6 Å². The monoisotopic (exact) mass is 507 g/mol. The quantitative estimate of drug-likeness (QED) is 0.198. The zero-order chi connectivity index (χ0) is 26.4. The third-order valence-corrected chi connectivity index (χ3v) is 7.75. The average Bonchev–Trinajstić information content (AvgIpc) is 3.65. The molecule has 0 unspecified atom stereocenters. The summed E-state index contributed by atoms with van der Waals surface area (Å²) >= 11 is 0. The molecule has 7 nitrogen and oxygen atoms in total. The molecular formula is C31H25NO6. The van der Waals surface area contributed by atoms with Crippen molar-refractivity contribution in [1.29, 1.82) is 0 Å². The van der Waals surface area contributed by atoms with E-state index in [9.17, 15) is 19.2 Å². The Balaban J connectivity index is 1.26. The van der Waals surface area contributed by atoms with Crippen LogP contribution in [0.2, 0.25) is 0 Å². The molecule has 2 fully saturated rings. The molecule has 1 heterocycles. The third-order valence-electron chi connectivity index (χ3n) is 7.75. The van der Waals surface area contributed by atoms with Crippen molar-refractivity contribution in [1.82, 2.24) is 0 Å². The first-order valence-corrected chi connectivity index (χ1v) is 12.6. The molecule has 1 saturated carbocycles. The van der Waals surface area contributed by atoms with E-state index in [0.29, 0.717) is 22.6 Å². The van der Waals surface area contributed by atoms with Gasteiger partial charge in [-0.3, -0.25) is 14.4 Å². The highest BCUT2D eigenvalue weighted by atomic mass is 16.5. The first kappa shape index (κ1) is 23.9. The lowest BCUT2D eigenvalue weighted by Crippen LogP contribution is -2.33. The summed E-state index contributed by atoms with van der Waals surface area (Å²) in [7, 11) is 1.54.